The number of sulfonamides is 1. The number of nitro groups is 1. The van der Waals surface area contributed by atoms with Crippen LogP contribution in [0.15, 0.2) is 42.5 Å². The highest BCUT2D eigenvalue weighted by Gasteiger charge is 2.32. The zero-order chi connectivity index (χ0) is 27.9. The summed E-state index contributed by atoms with van der Waals surface area (Å²) in [5, 5.41) is 14.6. The van der Waals surface area contributed by atoms with Crippen LogP contribution < -0.4 is 14.4 Å². The number of ether oxygens (including phenoxy) is 1. The van der Waals surface area contributed by atoms with E-state index in [-0.39, 0.29) is 29.7 Å². The number of nitrogens with one attached hydrogen (secondary N) is 1. The second kappa shape index (κ2) is 12.7. The first-order valence-corrected chi connectivity index (χ1v) is 13.7. The third-order valence-electron chi connectivity index (χ3n) is 5.73. The Kier molecular flexibility index (Phi) is 10.3. The Morgan fingerprint density at radius 2 is 1.86 bits per heavy atom. The van der Waals surface area contributed by atoms with Crippen molar-refractivity contribution in [2.75, 3.05) is 24.2 Å². The summed E-state index contributed by atoms with van der Waals surface area (Å²) in [6.45, 7) is 4.52. The fourth-order valence-electron chi connectivity index (χ4n) is 3.46. The molecule has 0 aliphatic carbocycles. The summed E-state index contributed by atoms with van der Waals surface area (Å²) in [4.78, 5) is 38.4. The van der Waals surface area contributed by atoms with E-state index in [0.717, 1.165) is 22.7 Å². The number of methoxy groups -OCH3 is 1. The van der Waals surface area contributed by atoms with E-state index in [9.17, 15) is 28.1 Å². The van der Waals surface area contributed by atoms with Crippen LogP contribution in [-0.4, -0.2) is 62.0 Å². The number of halogens is 1. The first-order valence-electron chi connectivity index (χ1n) is 11.4. The molecule has 2 unspecified atom stereocenters. The molecule has 0 radical (unpaired) electrons. The molecule has 2 aromatic rings. The average Bonchev–Trinajstić information content (AvgIpc) is 2.83. The van der Waals surface area contributed by atoms with E-state index < -0.39 is 39.3 Å². The maximum atomic E-state index is 13.6. The Morgan fingerprint density at radius 3 is 2.41 bits per heavy atom. The van der Waals surface area contributed by atoms with E-state index in [4.69, 9.17) is 16.3 Å². The maximum Gasteiger partial charge on any atom is 0.271 e. The Bertz CT molecular complexity index is 1260. The van der Waals surface area contributed by atoms with Crippen molar-refractivity contribution in [2.24, 2.45) is 0 Å². The summed E-state index contributed by atoms with van der Waals surface area (Å²) < 4.78 is 31.5. The molecule has 0 bridgehead atoms. The molecule has 2 amide bonds. The van der Waals surface area contributed by atoms with Gasteiger partial charge in [-0.3, -0.25) is 24.0 Å². The number of benzene rings is 2. The first kappa shape index (κ1) is 29.8. The summed E-state index contributed by atoms with van der Waals surface area (Å²) in [7, 11) is -2.83. The number of hydrogen-bond donors (Lipinski definition) is 1. The van der Waals surface area contributed by atoms with E-state index in [1.807, 2.05) is 13.8 Å². The van der Waals surface area contributed by atoms with Crippen LogP contribution in [0, 0.1) is 10.1 Å². The first-order chi connectivity index (χ1) is 17.3. The van der Waals surface area contributed by atoms with Gasteiger partial charge in [0.15, 0.2) is 0 Å². The number of nitrogens with zero attached hydrogens (tertiary/aromatic N) is 3. The van der Waals surface area contributed by atoms with Crippen LogP contribution in [0.1, 0.15) is 32.8 Å². The zero-order valence-electron chi connectivity index (χ0n) is 21.3. The highest BCUT2D eigenvalue weighted by atomic mass is 35.5. The van der Waals surface area contributed by atoms with Gasteiger partial charge >= 0.3 is 0 Å². The number of non-ortho nitro benzene ring substituents is 1. The summed E-state index contributed by atoms with van der Waals surface area (Å²) in [5.74, 6) is -1.10. The minimum atomic E-state index is -4.11. The lowest BCUT2D eigenvalue weighted by Gasteiger charge is -2.32. The summed E-state index contributed by atoms with van der Waals surface area (Å²) >= 11 is 6.10. The van der Waals surface area contributed by atoms with Crippen molar-refractivity contribution in [1.29, 1.82) is 0 Å². The molecule has 37 heavy (non-hydrogen) atoms. The van der Waals surface area contributed by atoms with Gasteiger partial charge in [0, 0.05) is 29.7 Å². The number of anilines is 1. The van der Waals surface area contributed by atoms with Crippen molar-refractivity contribution < 1.29 is 27.7 Å². The minimum absolute atomic E-state index is 0.0211. The van der Waals surface area contributed by atoms with Crippen LogP contribution in [0.4, 0.5) is 11.4 Å². The number of hydrogen-bond acceptors (Lipinski definition) is 7. The monoisotopic (exact) mass is 554 g/mol. The van der Waals surface area contributed by atoms with E-state index >= 15 is 0 Å². The van der Waals surface area contributed by atoms with Crippen molar-refractivity contribution in [3.63, 3.8) is 0 Å². The largest absolute Gasteiger partial charge is 0.495 e. The molecule has 13 heteroatoms. The van der Waals surface area contributed by atoms with Gasteiger partial charge < -0.3 is 15.0 Å². The molecule has 2 aromatic carbocycles. The predicted molar refractivity (Wildman–Crippen MR) is 141 cm³/mol. The van der Waals surface area contributed by atoms with E-state index in [2.05, 4.69) is 5.32 Å². The molecule has 1 N–H and O–H groups in total. The number of carbonyl (C=O) groups is 2. The molecule has 2 atom stereocenters. The standard InChI is InChI=1S/C24H31ClN4O7S/c1-6-16(2)26-24(31)17(3)27(14-18-8-7-9-19(25)12-18)23(30)15-28(37(5,34)35)21-13-20(29(32)33)10-11-22(21)36-4/h7-13,16-17H,6,14-15H2,1-5H3,(H,26,31). The Labute approximate surface area is 221 Å². The average molecular weight is 555 g/mol. The van der Waals surface area contributed by atoms with Gasteiger partial charge in [-0.2, -0.15) is 0 Å². The van der Waals surface area contributed by atoms with Crippen molar-refractivity contribution in [3.05, 3.63) is 63.2 Å². The lowest BCUT2D eigenvalue weighted by atomic mass is 10.1. The lowest BCUT2D eigenvalue weighted by Crippen LogP contribution is -2.52. The maximum absolute atomic E-state index is 13.6. The molecular formula is C24H31ClN4O7S. The van der Waals surface area contributed by atoms with Crippen molar-refractivity contribution in [1.82, 2.24) is 10.2 Å². The van der Waals surface area contributed by atoms with E-state index in [0.29, 0.717) is 17.0 Å². The van der Waals surface area contributed by atoms with E-state index in [1.165, 1.54) is 18.1 Å². The fourth-order valence-corrected chi connectivity index (χ4v) is 4.52. The van der Waals surface area contributed by atoms with Crippen molar-refractivity contribution in [2.45, 2.75) is 45.8 Å². The van der Waals surface area contributed by atoms with E-state index in [1.54, 1.807) is 31.2 Å². The van der Waals surface area contributed by atoms with Crippen LogP contribution in [0.2, 0.25) is 5.02 Å². The molecule has 0 spiro atoms. The molecule has 0 fully saturated rings. The van der Waals surface area contributed by atoms with Crippen LogP contribution in [-0.2, 0) is 26.2 Å². The summed E-state index contributed by atoms with van der Waals surface area (Å²) in [6, 6.07) is 9.06. The van der Waals surface area contributed by atoms with Gasteiger partial charge in [0.25, 0.3) is 5.69 Å². The molecule has 0 heterocycles. The fraction of sp³-hybridized carbons (Fsp3) is 0.417. The van der Waals surface area contributed by atoms with Gasteiger partial charge in [-0.25, -0.2) is 8.42 Å². The number of amides is 2. The predicted octanol–water partition coefficient (Wildman–Crippen LogP) is 3.35. The lowest BCUT2D eigenvalue weighted by molar-refractivity contribution is -0.384. The highest BCUT2D eigenvalue weighted by Crippen LogP contribution is 2.34. The molecule has 0 aliphatic rings. The normalized spacial score (nSPS) is 12.8. The summed E-state index contributed by atoms with van der Waals surface area (Å²) in [5.41, 5.74) is 0.0730. The van der Waals surface area contributed by atoms with Crippen LogP contribution in [0.25, 0.3) is 0 Å². The molecule has 0 aliphatic heterocycles. The van der Waals surface area contributed by atoms with Gasteiger partial charge in [0.2, 0.25) is 21.8 Å². The Morgan fingerprint density at radius 1 is 1.19 bits per heavy atom. The van der Waals surface area contributed by atoms with Crippen LogP contribution >= 0.6 is 11.6 Å². The highest BCUT2D eigenvalue weighted by molar-refractivity contribution is 7.92. The zero-order valence-corrected chi connectivity index (χ0v) is 22.9. The van der Waals surface area contributed by atoms with Gasteiger partial charge in [0.05, 0.1) is 18.3 Å². The molecule has 2 rings (SSSR count). The van der Waals surface area contributed by atoms with Crippen LogP contribution in [0.3, 0.4) is 0 Å². The third-order valence-corrected chi connectivity index (χ3v) is 7.09. The Balaban J connectivity index is 2.51. The molecule has 11 nitrogen and oxygen atoms in total. The molecule has 0 aromatic heterocycles. The number of nitro benzene ring substituents is 1. The minimum Gasteiger partial charge on any atom is -0.495 e. The third kappa shape index (κ3) is 8.05. The number of rotatable bonds is 12. The SMILES string of the molecule is CCC(C)NC(=O)C(C)N(Cc1cccc(Cl)c1)C(=O)CN(c1cc([N+](=O)[O-])ccc1OC)S(C)(=O)=O. The van der Waals surface area contributed by atoms with Gasteiger partial charge in [-0.05, 0) is 44.0 Å². The topological polar surface area (TPSA) is 139 Å². The molecule has 202 valence electrons. The molecule has 0 saturated heterocycles. The molecule has 0 saturated carbocycles. The Hall–Kier alpha value is -3.38. The summed E-state index contributed by atoms with van der Waals surface area (Å²) in [6.07, 6.45) is 1.55. The second-order valence-electron chi connectivity index (χ2n) is 8.53. The van der Waals surface area contributed by atoms with Crippen molar-refractivity contribution >= 4 is 44.8 Å². The quantitative estimate of drug-likeness (QED) is 0.313. The number of carbonyl (C=O) groups excluding carboxylic acids is 2. The van der Waals surface area contributed by atoms with Gasteiger partial charge in [-0.1, -0.05) is 30.7 Å². The van der Waals surface area contributed by atoms with Crippen molar-refractivity contribution in [3.8, 4) is 5.75 Å². The van der Waals surface area contributed by atoms with Gasteiger partial charge in [0.1, 0.15) is 24.0 Å². The van der Waals surface area contributed by atoms with Gasteiger partial charge in [-0.15, -0.1) is 0 Å². The van der Waals surface area contributed by atoms with Crippen LogP contribution in [0.5, 0.6) is 5.75 Å². The molecular weight excluding hydrogens is 524 g/mol. The smallest absolute Gasteiger partial charge is 0.271 e. The second-order valence-corrected chi connectivity index (χ2v) is 10.9.